The van der Waals surface area contributed by atoms with Crippen molar-refractivity contribution >= 4 is 35.4 Å². The third kappa shape index (κ3) is 6.00. The zero-order valence-electron chi connectivity index (χ0n) is 11.6. The van der Waals surface area contributed by atoms with Crippen molar-refractivity contribution in [3.05, 3.63) is 0 Å². The number of halogens is 6. The summed E-state index contributed by atoms with van der Waals surface area (Å²) >= 11 is -4.87. The monoisotopic (exact) mass is 424 g/mol. The first kappa shape index (κ1) is 21.9. The van der Waals surface area contributed by atoms with E-state index in [-0.39, 0.29) is 12.8 Å². The summed E-state index contributed by atoms with van der Waals surface area (Å²) in [5.41, 5.74) is -11.9. The van der Waals surface area contributed by atoms with Crippen molar-refractivity contribution in [3.8, 4) is 0 Å². The quantitative estimate of drug-likeness (QED) is 0.366. The molecule has 24 heavy (non-hydrogen) atoms. The Morgan fingerprint density at radius 2 is 1.12 bits per heavy atom. The second kappa shape index (κ2) is 7.64. The highest BCUT2D eigenvalue weighted by Gasteiger charge is 2.58. The van der Waals surface area contributed by atoms with E-state index in [4.69, 9.17) is 0 Å². The number of alkyl halides is 6. The first-order valence-electron chi connectivity index (χ1n) is 6.30. The molecule has 0 aromatic heterocycles. The van der Waals surface area contributed by atoms with Crippen molar-refractivity contribution in [2.45, 2.75) is 49.2 Å². The lowest BCUT2D eigenvalue weighted by atomic mass is 9.98. The van der Waals surface area contributed by atoms with Crippen molar-refractivity contribution in [2.75, 3.05) is 0 Å². The Balaban J connectivity index is 2.99. The topological polar surface area (TPSA) is 96.0 Å². The average molecular weight is 424 g/mol. The van der Waals surface area contributed by atoms with Crippen LogP contribution >= 0.6 is 0 Å². The molecular formula is C8H11AlF6O7S2. The maximum Gasteiger partial charge on any atom is 0.936 e. The van der Waals surface area contributed by atoms with Crippen LogP contribution in [-0.4, -0.2) is 49.1 Å². The Labute approximate surface area is 138 Å². The Morgan fingerprint density at radius 3 is 1.46 bits per heavy atom. The second-order valence-electron chi connectivity index (χ2n) is 4.68. The maximum absolute atomic E-state index is 12.3. The molecule has 0 bridgehead atoms. The molecule has 142 valence electrons. The molecule has 1 aliphatic carbocycles. The van der Waals surface area contributed by atoms with E-state index in [1.807, 2.05) is 0 Å². The molecule has 0 aromatic carbocycles. The van der Waals surface area contributed by atoms with Gasteiger partial charge in [-0.15, -0.1) is 0 Å². The summed E-state index contributed by atoms with van der Waals surface area (Å²) in [4.78, 5) is 0. The van der Waals surface area contributed by atoms with Gasteiger partial charge in [0.2, 0.25) is 0 Å². The summed E-state index contributed by atoms with van der Waals surface area (Å²) in [6.07, 6.45) is 1.19. The summed E-state index contributed by atoms with van der Waals surface area (Å²) in [6, 6.07) is 0. The normalized spacial score (nSPS) is 18.6. The van der Waals surface area contributed by atoms with Gasteiger partial charge in [-0.3, -0.25) is 0 Å². The fourth-order valence-electron chi connectivity index (χ4n) is 1.74. The molecule has 7 nitrogen and oxygen atoms in total. The van der Waals surface area contributed by atoms with Gasteiger partial charge in [0.05, 0.1) is 0 Å². The molecule has 1 aliphatic rings. The van der Waals surface area contributed by atoms with E-state index in [9.17, 15) is 43.2 Å². The fraction of sp³-hybridized carbons (Fsp3) is 1.00. The second-order valence-corrected chi connectivity index (χ2v) is 9.81. The van der Waals surface area contributed by atoms with Gasteiger partial charge in [0.1, 0.15) is 0 Å². The molecule has 0 unspecified atom stereocenters. The smallest absolute Gasteiger partial charge is 0.451 e. The first-order chi connectivity index (χ1) is 10.7. The Bertz CT molecular complexity index is 576. The molecule has 1 rings (SSSR count). The van der Waals surface area contributed by atoms with Crippen molar-refractivity contribution in [1.29, 1.82) is 0 Å². The Kier molecular flexibility index (Phi) is 6.98. The third-order valence-electron chi connectivity index (χ3n) is 2.83. The van der Waals surface area contributed by atoms with Crippen LogP contribution in [-0.2, 0) is 30.5 Å². The number of rotatable bonds is 6. The molecule has 0 spiro atoms. The van der Waals surface area contributed by atoms with E-state index in [0.717, 1.165) is 6.42 Å². The summed E-state index contributed by atoms with van der Waals surface area (Å²) in [5, 5.41) is 0. The highest BCUT2D eigenvalue weighted by Crippen LogP contribution is 2.30. The minimum absolute atomic E-state index is 0.189. The lowest BCUT2D eigenvalue weighted by Gasteiger charge is -2.25. The van der Waals surface area contributed by atoms with Crippen LogP contribution in [0.25, 0.3) is 0 Å². The van der Waals surface area contributed by atoms with Gasteiger partial charge in [0.25, 0.3) is 0 Å². The van der Waals surface area contributed by atoms with Gasteiger partial charge >= 0.3 is 46.4 Å². The fourth-order valence-corrected chi connectivity index (χ4v) is 5.63. The van der Waals surface area contributed by atoms with Crippen molar-refractivity contribution < 1.29 is 53.4 Å². The molecule has 1 fully saturated rings. The van der Waals surface area contributed by atoms with E-state index in [1.165, 1.54) is 0 Å². The maximum atomic E-state index is 12.3. The van der Waals surface area contributed by atoms with Gasteiger partial charge in [0, 0.05) is 6.10 Å². The molecular weight excluding hydrogens is 413 g/mol. The molecule has 0 heterocycles. The molecule has 0 aliphatic heterocycles. The molecule has 0 atom stereocenters. The van der Waals surface area contributed by atoms with E-state index >= 15 is 0 Å². The number of hydrogen-bond donors (Lipinski definition) is 0. The summed E-state index contributed by atoms with van der Waals surface area (Å²) in [5.74, 6) is 0. The SMILES string of the molecule is O=S(=O)([O][Al]([O]C1CCCCC1)[O]S(=O)(=O)C(F)(F)F)C(F)(F)F. The number of hydrogen-bond acceptors (Lipinski definition) is 7. The van der Waals surface area contributed by atoms with Crippen molar-refractivity contribution in [1.82, 2.24) is 0 Å². The van der Waals surface area contributed by atoms with Crippen LogP contribution in [0, 0.1) is 0 Å². The van der Waals surface area contributed by atoms with Crippen LogP contribution in [0.1, 0.15) is 32.1 Å². The highest BCUT2D eigenvalue weighted by molar-refractivity contribution is 7.89. The predicted molar refractivity (Wildman–Crippen MR) is 65.8 cm³/mol. The Hall–Kier alpha value is -0.108. The molecule has 0 N–H and O–H groups in total. The van der Waals surface area contributed by atoms with Gasteiger partial charge in [-0.25, -0.2) is 0 Å². The standard InChI is InChI=1S/C6H11O.2CHF3O3S.Al/c7-6-4-2-1-3-5-6;2*2-1(3,4)8(5,6)7;/h6H,1-5H2;2*(H,5,6,7);/q-1;;;+3/p-2. The lowest BCUT2D eigenvalue weighted by molar-refractivity contribution is -0.0557. The average Bonchev–Trinajstić information content (AvgIpc) is 2.35. The zero-order valence-corrected chi connectivity index (χ0v) is 14.4. The van der Waals surface area contributed by atoms with Crippen molar-refractivity contribution in [2.24, 2.45) is 0 Å². The predicted octanol–water partition coefficient (Wildman–Crippen LogP) is 2.05. The van der Waals surface area contributed by atoms with E-state index < -0.39 is 52.5 Å². The van der Waals surface area contributed by atoms with Gasteiger partial charge < -0.3 is 10.3 Å². The van der Waals surface area contributed by atoms with Crippen LogP contribution in [0.15, 0.2) is 0 Å². The summed E-state index contributed by atoms with van der Waals surface area (Å²) < 4.78 is 129. The molecule has 16 heteroatoms. The molecule has 1 saturated carbocycles. The van der Waals surface area contributed by atoms with Crippen LogP contribution < -0.4 is 0 Å². The minimum atomic E-state index is -6.39. The van der Waals surface area contributed by atoms with E-state index in [0.29, 0.717) is 12.8 Å². The van der Waals surface area contributed by atoms with Crippen LogP contribution in [0.4, 0.5) is 26.3 Å². The third-order valence-corrected chi connectivity index (χ3v) is 7.86. The molecule has 0 saturated heterocycles. The van der Waals surface area contributed by atoms with E-state index in [2.05, 4.69) is 10.3 Å². The van der Waals surface area contributed by atoms with Crippen LogP contribution in [0.5, 0.6) is 0 Å². The molecule has 0 amide bonds. The largest absolute Gasteiger partial charge is 0.936 e. The molecule has 0 radical (unpaired) electrons. The minimum Gasteiger partial charge on any atom is -0.451 e. The van der Waals surface area contributed by atoms with Gasteiger partial charge in [-0.2, -0.15) is 43.2 Å². The van der Waals surface area contributed by atoms with Crippen LogP contribution in [0.3, 0.4) is 0 Å². The zero-order chi connectivity index (χ0) is 18.8. The lowest BCUT2D eigenvalue weighted by Crippen LogP contribution is -2.42. The van der Waals surface area contributed by atoms with E-state index in [1.54, 1.807) is 0 Å². The first-order valence-corrected chi connectivity index (χ1v) is 10.5. The molecule has 0 aromatic rings. The highest BCUT2D eigenvalue weighted by atomic mass is 32.2. The van der Waals surface area contributed by atoms with Gasteiger partial charge in [-0.05, 0) is 12.8 Å². The summed E-state index contributed by atoms with van der Waals surface area (Å²) in [7, 11) is -12.8. The van der Waals surface area contributed by atoms with Gasteiger partial charge in [0.15, 0.2) is 0 Å². The summed E-state index contributed by atoms with van der Waals surface area (Å²) in [6.45, 7) is 0. The Morgan fingerprint density at radius 1 is 0.750 bits per heavy atom. The van der Waals surface area contributed by atoms with Crippen LogP contribution in [0.2, 0.25) is 0 Å². The van der Waals surface area contributed by atoms with Crippen molar-refractivity contribution in [3.63, 3.8) is 0 Å². The van der Waals surface area contributed by atoms with Gasteiger partial charge in [-0.1, -0.05) is 19.3 Å².